The van der Waals surface area contributed by atoms with Crippen LogP contribution in [0, 0.1) is 19.8 Å². The lowest BCUT2D eigenvalue weighted by atomic mass is 9.90. The number of alkyl halides is 2. The van der Waals surface area contributed by atoms with E-state index in [1.54, 1.807) is 23.1 Å². The van der Waals surface area contributed by atoms with Crippen LogP contribution in [0.1, 0.15) is 61.0 Å². The zero-order chi connectivity index (χ0) is 32.1. The van der Waals surface area contributed by atoms with Crippen molar-refractivity contribution >= 4 is 34.3 Å². The number of halogens is 3. The fourth-order valence-electron chi connectivity index (χ4n) is 6.84. The van der Waals surface area contributed by atoms with Gasteiger partial charge in [0.1, 0.15) is 6.10 Å². The third-order valence-electron chi connectivity index (χ3n) is 9.24. The van der Waals surface area contributed by atoms with Gasteiger partial charge in [-0.25, -0.2) is 26.9 Å². The number of carbonyl (C=O) groups is 1. The predicted octanol–water partition coefficient (Wildman–Crippen LogP) is 6.10. The molecule has 9 nitrogen and oxygen atoms in total. The fourth-order valence-corrected chi connectivity index (χ4v) is 7.83. The Morgan fingerprint density at radius 3 is 2.33 bits per heavy atom. The second-order valence-electron chi connectivity index (χ2n) is 12.9. The van der Waals surface area contributed by atoms with Crippen LogP contribution in [0.3, 0.4) is 0 Å². The van der Waals surface area contributed by atoms with Crippen molar-refractivity contribution in [2.75, 3.05) is 24.4 Å². The summed E-state index contributed by atoms with van der Waals surface area (Å²) < 4.78 is 64.5. The van der Waals surface area contributed by atoms with E-state index in [1.165, 1.54) is 12.1 Å². The average Bonchev–Trinajstić information content (AvgIpc) is 3.16. The van der Waals surface area contributed by atoms with Gasteiger partial charge in [-0.2, -0.15) is 4.98 Å². The minimum atomic E-state index is -4.16. The SMILES string of the molecule is Cc1cccc(C)c1-c1cc2nc(n1)NS(=O)(=O)c1cccc(c1)C(=O)N1C[C@@H](CN(C3CCC(F)(F)CC3)C[C@H]1C(C)C)O2.Cl. The Morgan fingerprint density at radius 2 is 1.65 bits per heavy atom. The molecule has 2 fully saturated rings. The van der Waals surface area contributed by atoms with E-state index in [9.17, 15) is 22.0 Å². The Balaban J connectivity index is 0.00000417. The van der Waals surface area contributed by atoms with Gasteiger partial charge in [0.05, 0.1) is 17.1 Å². The number of amides is 1. The number of rotatable bonds is 3. The van der Waals surface area contributed by atoms with Crippen molar-refractivity contribution in [2.45, 2.75) is 82.4 Å². The first kappa shape index (κ1) is 34.0. The molecule has 0 radical (unpaired) electrons. The molecule has 2 aromatic carbocycles. The number of ether oxygens (including phenoxy) is 1. The van der Waals surface area contributed by atoms with E-state index in [0.717, 1.165) is 16.7 Å². The number of nitrogens with one attached hydrogen (secondary N) is 1. The number of aryl methyl sites for hydroxylation is 2. The van der Waals surface area contributed by atoms with E-state index in [0.29, 0.717) is 31.6 Å². The molecule has 3 aliphatic rings. The summed E-state index contributed by atoms with van der Waals surface area (Å²) in [4.78, 5) is 27.1. The molecule has 0 spiro atoms. The van der Waals surface area contributed by atoms with Gasteiger partial charge in [-0.15, -0.1) is 12.4 Å². The van der Waals surface area contributed by atoms with Crippen LogP contribution in [0.15, 0.2) is 53.4 Å². The smallest absolute Gasteiger partial charge is 0.264 e. The summed E-state index contributed by atoms with van der Waals surface area (Å²) in [5.74, 6) is -2.94. The zero-order valence-electron chi connectivity index (χ0n) is 26.4. The standard InChI is InChI=1S/C33H39F2N5O4S.ClH/c1-20(2)28-19-39(24-11-13-33(34,35)14-12-24)17-25-18-40(28)31(41)23-9-6-10-26(15-23)45(42,43)38-32-36-27(16-29(37-32)44-25)30-21(3)7-5-8-22(30)4;/h5-10,15-16,20,24-25,28H,11-14,17-19H2,1-4H3,(H,36,37,38);1H/t25-,28+;/m1./s1. The number of benzene rings is 2. The number of hydrogen-bond donors (Lipinski definition) is 1. The molecular formula is C33H40ClF2N5O4S. The summed E-state index contributed by atoms with van der Waals surface area (Å²) in [6, 6.07) is 13.2. The average molecular weight is 676 g/mol. The van der Waals surface area contributed by atoms with Gasteiger partial charge < -0.3 is 9.64 Å². The Kier molecular flexibility index (Phi) is 9.64. The van der Waals surface area contributed by atoms with Crippen LogP contribution >= 0.6 is 12.4 Å². The minimum absolute atomic E-state index is 0. The largest absolute Gasteiger partial charge is 0.471 e. The quantitative estimate of drug-likeness (QED) is 0.358. The maximum Gasteiger partial charge on any atom is 0.264 e. The van der Waals surface area contributed by atoms with Crippen molar-refractivity contribution in [3.05, 3.63) is 65.2 Å². The highest BCUT2D eigenvalue weighted by atomic mass is 35.5. The summed E-state index contributed by atoms with van der Waals surface area (Å²) >= 11 is 0. The highest BCUT2D eigenvalue weighted by Crippen LogP contribution is 2.37. The lowest BCUT2D eigenvalue weighted by molar-refractivity contribution is -0.0563. The summed E-state index contributed by atoms with van der Waals surface area (Å²) in [5.41, 5.74) is 3.45. The van der Waals surface area contributed by atoms with E-state index in [-0.39, 0.29) is 78.0 Å². The number of fused-ring (bicyclic) bond motifs is 6. The molecule has 0 unspecified atom stereocenters. The predicted molar refractivity (Wildman–Crippen MR) is 174 cm³/mol. The fraction of sp³-hybridized carbons (Fsp3) is 0.485. The zero-order valence-corrected chi connectivity index (χ0v) is 28.0. The van der Waals surface area contributed by atoms with Crippen LogP contribution in [-0.4, -0.2) is 77.8 Å². The Hall–Kier alpha value is -3.35. The molecular weight excluding hydrogens is 636 g/mol. The van der Waals surface area contributed by atoms with Crippen LogP contribution in [0.25, 0.3) is 11.3 Å². The summed E-state index contributed by atoms with van der Waals surface area (Å²) in [5, 5.41) is 0. The number of nitrogens with zero attached hydrogens (tertiary/aromatic N) is 4. The number of carbonyl (C=O) groups excluding carboxylic acids is 1. The van der Waals surface area contributed by atoms with E-state index in [4.69, 9.17) is 4.74 Å². The second-order valence-corrected chi connectivity index (χ2v) is 14.5. The molecule has 13 heteroatoms. The topological polar surface area (TPSA) is 105 Å². The minimum Gasteiger partial charge on any atom is -0.471 e. The normalized spacial score (nSPS) is 23.1. The van der Waals surface area contributed by atoms with Gasteiger partial charge in [0.2, 0.25) is 17.8 Å². The molecule has 1 saturated heterocycles. The third-order valence-corrected chi connectivity index (χ3v) is 10.6. The van der Waals surface area contributed by atoms with Gasteiger partial charge in [-0.3, -0.25) is 9.69 Å². The van der Waals surface area contributed by atoms with Crippen molar-refractivity contribution < 1.29 is 26.7 Å². The van der Waals surface area contributed by atoms with Crippen molar-refractivity contribution in [2.24, 2.45) is 5.92 Å². The highest BCUT2D eigenvalue weighted by Gasteiger charge is 2.42. The Labute approximate surface area is 275 Å². The van der Waals surface area contributed by atoms with Gasteiger partial charge in [0.25, 0.3) is 15.9 Å². The van der Waals surface area contributed by atoms with Gasteiger partial charge in [-0.05, 0) is 61.9 Å². The third kappa shape index (κ3) is 6.99. The van der Waals surface area contributed by atoms with Gasteiger partial charge >= 0.3 is 0 Å². The van der Waals surface area contributed by atoms with Crippen LogP contribution in [0.4, 0.5) is 14.7 Å². The van der Waals surface area contributed by atoms with Gasteiger partial charge in [0, 0.05) is 55.2 Å². The van der Waals surface area contributed by atoms with Crippen molar-refractivity contribution in [1.82, 2.24) is 19.8 Å². The molecule has 1 aliphatic carbocycles. The first-order valence-corrected chi connectivity index (χ1v) is 17.0. The van der Waals surface area contributed by atoms with Crippen LogP contribution in [0.5, 0.6) is 5.88 Å². The molecule has 1 amide bonds. The molecule has 1 saturated carbocycles. The summed E-state index contributed by atoms with van der Waals surface area (Å²) in [7, 11) is -4.16. The van der Waals surface area contributed by atoms with Crippen molar-refractivity contribution in [1.29, 1.82) is 0 Å². The number of aromatic nitrogens is 2. The molecule has 3 aromatic rings. The second kappa shape index (κ2) is 13.0. The van der Waals surface area contributed by atoms with Crippen LogP contribution in [-0.2, 0) is 10.0 Å². The summed E-state index contributed by atoms with van der Waals surface area (Å²) in [6.45, 7) is 9.07. The maximum atomic E-state index is 14.2. The maximum absolute atomic E-state index is 14.2. The molecule has 6 rings (SSSR count). The first-order valence-electron chi connectivity index (χ1n) is 15.5. The molecule has 2 aliphatic heterocycles. The number of hydrogen-bond acceptors (Lipinski definition) is 7. The van der Waals surface area contributed by atoms with E-state index in [1.807, 2.05) is 45.9 Å². The van der Waals surface area contributed by atoms with E-state index in [2.05, 4.69) is 19.6 Å². The van der Waals surface area contributed by atoms with E-state index < -0.39 is 22.0 Å². The summed E-state index contributed by atoms with van der Waals surface area (Å²) in [6.07, 6.45) is -0.200. The van der Waals surface area contributed by atoms with Crippen molar-refractivity contribution in [3.8, 4) is 17.1 Å². The monoisotopic (exact) mass is 675 g/mol. The van der Waals surface area contributed by atoms with Crippen LogP contribution in [0.2, 0.25) is 0 Å². The molecule has 248 valence electrons. The molecule has 46 heavy (non-hydrogen) atoms. The van der Waals surface area contributed by atoms with Gasteiger partial charge in [-0.1, -0.05) is 38.1 Å². The lowest BCUT2D eigenvalue weighted by Crippen LogP contribution is -2.50. The lowest BCUT2D eigenvalue weighted by Gasteiger charge is -2.39. The van der Waals surface area contributed by atoms with Crippen LogP contribution < -0.4 is 9.46 Å². The molecule has 1 N–H and O–H groups in total. The molecule has 6 bridgehead atoms. The molecule has 2 atom stereocenters. The van der Waals surface area contributed by atoms with Crippen molar-refractivity contribution in [3.63, 3.8) is 0 Å². The Morgan fingerprint density at radius 1 is 0.978 bits per heavy atom. The number of sulfonamides is 1. The van der Waals surface area contributed by atoms with E-state index >= 15 is 0 Å². The highest BCUT2D eigenvalue weighted by molar-refractivity contribution is 7.92. The number of anilines is 1. The Bertz CT molecular complexity index is 1690. The molecule has 1 aromatic heterocycles. The van der Waals surface area contributed by atoms with Gasteiger partial charge in [0.15, 0.2) is 0 Å². The molecule has 3 heterocycles. The first-order chi connectivity index (χ1) is 21.3.